The van der Waals surface area contributed by atoms with Crippen LogP contribution in [0.25, 0.3) is 0 Å². The summed E-state index contributed by atoms with van der Waals surface area (Å²) in [6.07, 6.45) is 8.25. The van der Waals surface area contributed by atoms with Gasteiger partial charge in [-0.1, -0.05) is 32.1 Å². The first-order valence-electron chi connectivity index (χ1n) is 6.69. The van der Waals surface area contributed by atoms with Crippen LogP contribution in [-0.4, -0.2) is 18.5 Å². The fourth-order valence-electron chi connectivity index (χ4n) is 2.17. The minimum Gasteiger partial charge on any atom is -0.370 e. The van der Waals surface area contributed by atoms with E-state index in [1.54, 1.807) is 12.2 Å². The van der Waals surface area contributed by atoms with Crippen molar-refractivity contribution in [1.82, 2.24) is 0 Å². The summed E-state index contributed by atoms with van der Waals surface area (Å²) in [6.45, 7) is 10.7. The van der Waals surface area contributed by atoms with E-state index in [2.05, 4.69) is 20.4 Å². The summed E-state index contributed by atoms with van der Waals surface area (Å²) >= 11 is 0. The molecule has 0 aromatic carbocycles. The molecule has 1 aliphatic rings. The monoisotopic (exact) mass is 248 g/mol. The van der Waals surface area contributed by atoms with Crippen molar-refractivity contribution >= 4 is 5.78 Å². The van der Waals surface area contributed by atoms with Crippen LogP contribution in [-0.2, 0) is 9.53 Å². The first-order chi connectivity index (χ1) is 8.52. The highest BCUT2D eigenvalue weighted by Gasteiger charge is 2.12. The van der Waals surface area contributed by atoms with Crippen LogP contribution in [0, 0.1) is 5.92 Å². The summed E-state index contributed by atoms with van der Waals surface area (Å²) in [6, 6.07) is 0. The molecule has 0 fully saturated rings. The van der Waals surface area contributed by atoms with Crippen molar-refractivity contribution in [3.8, 4) is 0 Å². The van der Waals surface area contributed by atoms with Crippen molar-refractivity contribution in [2.24, 2.45) is 5.92 Å². The molecule has 2 atom stereocenters. The number of carbonyl (C=O) groups excluding carboxylic acids is 1. The molecular weight excluding hydrogens is 224 g/mol. The largest absolute Gasteiger partial charge is 0.370 e. The number of carbonyl (C=O) groups is 1. The maximum atomic E-state index is 11.6. The van der Waals surface area contributed by atoms with E-state index in [1.807, 2.05) is 13.0 Å². The Labute approximate surface area is 110 Å². The number of ether oxygens (including phenoxy) is 1. The van der Waals surface area contributed by atoms with E-state index in [-0.39, 0.29) is 11.9 Å². The molecule has 0 radical (unpaired) electrons. The second-order valence-corrected chi connectivity index (χ2v) is 5.21. The number of ketones is 1. The van der Waals surface area contributed by atoms with Crippen LogP contribution in [0.5, 0.6) is 0 Å². The van der Waals surface area contributed by atoms with Gasteiger partial charge in [0.25, 0.3) is 0 Å². The molecule has 0 N–H and O–H groups in total. The zero-order chi connectivity index (χ0) is 13.5. The van der Waals surface area contributed by atoms with E-state index in [0.717, 1.165) is 30.4 Å². The first-order valence-corrected chi connectivity index (χ1v) is 6.69. The molecule has 18 heavy (non-hydrogen) atoms. The van der Waals surface area contributed by atoms with Gasteiger partial charge in [0.05, 0.1) is 12.7 Å². The Morgan fingerprint density at radius 2 is 2.33 bits per heavy atom. The van der Waals surface area contributed by atoms with Crippen LogP contribution in [0.2, 0.25) is 0 Å². The molecule has 2 nitrogen and oxygen atoms in total. The topological polar surface area (TPSA) is 26.3 Å². The van der Waals surface area contributed by atoms with Crippen LogP contribution < -0.4 is 0 Å². The molecule has 0 heterocycles. The van der Waals surface area contributed by atoms with Gasteiger partial charge in [0.2, 0.25) is 0 Å². The Kier molecular flexibility index (Phi) is 6.06. The minimum absolute atomic E-state index is 0.0730. The molecule has 0 amide bonds. The molecule has 0 aliphatic heterocycles. The Hall–Kier alpha value is -1.15. The predicted octanol–water partition coefficient (Wildman–Crippen LogP) is 3.84. The van der Waals surface area contributed by atoms with Crippen molar-refractivity contribution in [2.45, 2.75) is 46.1 Å². The van der Waals surface area contributed by atoms with Crippen molar-refractivity contribution in [3.05, 3.63) is 36.0 Å². The highest BCUT2D eigenvalue weighted by molar-refractivity contribution is 5.99. The van der Waals surface area contributed by atoms with Gasteiger partial charge in [-0.15, -0.1) is 0 Å². The molecule has 0 aromatic rings. The summed E-state index contributed by atoms with van der Waals surface area (Å²) in [4.78, 5) is 11.6. The predicted molar refractivity (Wildman–Crippen MR) is 75.5 cm³/mol. The summed E-state index contributed by atoms with van der Waals surface area (Å²) in [7, 11) is 0. The molecule has 100 valence electrons. The molecule has 0 saturated carbocycles. The second kappa shape index (κ2) is 7.32. The van der Waals surface area contributed by atoms with E-state index < -0.39 is 0 Å². The standard InChI is InChI=1S/C16H24O2/c1-5-16(12(2)3)18-11-14-9-13(4)7-6-8-15(17)10-14/h6,8,10,13,16H,2,5,7,9,11H2,1,3-4H3/b8-6-,14-10+. The van der Waals surface area contributed by atoms with E-state index >= 15 is 0 Å². The Morgan fingerprint density at radius 1 is 1.61 bits per heavy atom. The Morgan fingerprint density at radius 3 is 2.94 bits per heavy atom. The van der Waals surface area contributed by atoms with E-state index in [4.69, 9.17) is 4.74 Å². The maximum Gasteiger partial charge on any atom is 0.178 e. The lowest BCUT2D eigenvalue weighted by Gasteiger charge is -2.19. The van der Waals surface area contributed by atoms with Gasteiger partial charge in [-0.3, -0.25) is 4.79 Å². The summed E-state index contributed by atoms with van der Waals surface area (Å²) in [5.41, 5.74) is 2.14. The zero-order valence-corrected chi connectivity index (χ0v) is 11.7. The van der Waals surface area contributed by atoms with Gasteiger partial charge in [0.15, 0.2) is 5.78 Å². The second-order valence-electron chi connectivity index (χ2n) is 5.21. The molecule has 2 unspecified atom stereocenters. The highest BCUT2D eigenvalue weighted by Crippen LogP contribution is 2.19. The van der Waals surface area contributed by atoms with Gasteiger partial charge in [0.1, 0.15) is 0 Å². The van der Waals surface area contributed by atoms with Gasteiger partial charge < -0.3 is 4.74 Å². The first kappa shape index (κ1) is 14.9. The van der Waals surface area contributed by atoms with E-state index in [1.165, 1.54) is 0 Å². The van der Waals surface area contributed by atoms with Gasteiger partial charge in [0, 0.05) is 0 Å². The van der Waals surface area contributed by atoms with Gasteiger partial charge in [-0.2, -0.15) is 0 Å². The van der Waals surface area contributed by atoms with Crippen LogP contribution >= 0.6 is 0 Å². The van der Waals surface area contributed by atoms with Crippen molar-refractivity contribution in [1.29, 1.82) is 0 Å². The van der Waals surface area contributed by atoms with E-state index in [0.29, 0.717) is 12.5 Å². The molecule has 1 aliphatic carbocycles. The normalized spacial score (nSPS) is 26.7. The van der Waals surface area contributed by atoms with E-state index in [9.17, 15) is 4.79 Å². The van der Waals surface area contributed by atoms with Crippen molar-refractivity contribution < 1.29 is 9.53 Å². The van der Waals surface area contributed by atoms with Crippen LogP contribution in [0.1, 0.15) is 40.0 Å². The van der Waals surface area contributed by atoms with Crippen LogP contribution in [0.4, 0.5) is 0 Å². The lowest BCUT2D eigenvalue weighted by molar-refractivity contribution is -0.110. The van der Waals surface area contributed by atoms with Crippen molar-refractivity contribution in [3.63, 3.8) is 0 Å². The third-order valence-corrected chi connectivity index (χ3v) is 3.17. The molecule has 0 spiro atoms. The fourth-order valence-corrected chi connectivity index (χ4v) is 2.17. The molecular formula is C16H24O2. The van der Waals surface area contributed by atoms with Gasteiger partial charge >= 0.3 is 0 Å². The SMILES string of the molecule is C=C(C)C(CC)OC/C1=C/C(=O)/C=C\CC(C)C1. The lowest BCUT2D eigenvalue weighted by atomic mass is 9.95. The number of allylic oxidation sites excluding steroid dienone is 3. The molecule has 2 heteroatoms. The van der Waals surface area contributed by atoms with Crippen molar-refractivity contribution in [2.75, 3.05) is 6.61 Å². The number of hydrogen-bond donors (Lipinski definition) is 0. The van der Waals surface area contributed by atoms with Crippen LogP contribution in [0.15, 0.2) is 36.0 Å². The number of rotatable bonds is 5. The minimum atomic E-state index is 0.0730. The van der Waals surface area contributed by atoms with Gasteiger partial charge in [-0.25, -0.2) is 0 Å². The average molecular weight is 248 g/mol. The zero-order valence-electron chi connectivity index (χ0n) is 11.7. The Bertz CT molecular complexity index is 363. The highest BCUT2D eigenvalue weighted by atomic mass is 16.5. The summed E-state index contributed by atoms with van der Waals surface area (Å²) in [5.74, 6) is 0.637. The molecule has 1 rings (SSSR count). The molecule has 0 bridgehead atoms. The van der Waals surface area contributed by atoms with Gasteiger partial charge in [-0.05, 0) is 49.8 Å². The van der Waals surface area contributed by atoms with Crippen LogP contribution in [0.3, 0.4) is 0 Å². The molecule has 0 saturated heterocycles. The fraction of sp³-hybridized carbons (Fsp3) is 0.562. The average Bonchev–Trinajstić information content (AvgIpc) is 2.26. The smallest absolute Gasteiger partial charge is 0.178 e. The quantitative estimate of drug-likeness (QED) is 0.691. The maximum absolute atomic E-state index is 11.6. The molecule has 0 aromatic heterocycles. The third kappa shape index (κ3) is 5.01. The Balaban J connectivity index is 2.62. The lowest BCUT2D eigenvalue weighted by Crippen LogP contribution is -2.16. The number of hydrogen-bond acceptors (Lipinski definition) is 2. The third-order valence-electron chi connectivity index (χ3n) is 3.17. The summed E-state index contributed by atoms with van der Waals surface area (Å²) < 4.78 is 5.84. The summed E-state index contributed by atoms with van der Waals surface area (Å²) in [5, 5.41) is 0.